The molecular weight excluding hydrogens is 358 g/mol. The number of ether oxygens (including phenoxy) is 1. The third-order valence-electron chi connectivity index (χ3n) is 4.84. The molecule has 1 aliphatic rings. The molecule has 146 valence electrons. The van der Waals surface area contributed by atoms with Crippen LogP contribution in [0.15, 0.2) is 42.5 Å². The molecule has 1 aliphatic heterocycles. The van der Waals surface area contributed by atoms with Crippen molar-refractivity contribution in [3.05, 3.63) is 59.2 Å². The molecule has 0 radical (unpaired) electrons. The first kappa shape index (κ1) is 19.8. The molecule has 6 heteroatoms. The lowest BCUT2D eigenvalue weighted by Crippen LogP contribution is -2.43. The Balaban J connectivity index is 1.76. The summed E-state index contributed by atoms with van der Waals surface area (Å²) in [6, 6.07) is 12.2. The number of aliphatic hydroxyl groups is 1. The minimum absolute atomic E-state index is 0.0223. The number of hydrogen-bond acceptors (Lipinski definition) is 5. The van der Waals surface area contributed by atoms with Crippen LogP contribution in [0.5, 0.6) is 5.75 Å². The minimum Gasteiger partial charge on any atom is -0.492 e. The molecule has 0 spiro atoms. The van der Waals surface area contributed by atoms with Gasteiger partial charge in [-0.25, -0.2) is 0 Å². The highest BCUT2D eigenvalue weighted by molar-refractivity contribution is 6.08. The molecule has 2 aromatic carbocycles. The van der Waals surface area contributed by atoms with Gasteiger partial charge in [0, 0.05) is 17.5 Å². The summed E-state index contributed by atoms with van der Waals surface area (Å²) in [6.45, 7) is 5.15. The summed E-state index contributed by atoms with van der Waals surface area (Å²) in [5.41, 5.74) is 0.710. The van der Waals surface area contributed by atoms with Crippen LogP contribution in [0.2, 0.25) is 0 Å². The van der Waals surface area contributed by atoms with E-state index in [-0.39, 0.29) is 31.1 Å². The van der Waals surface area contributed by atoms with Gasteiger partial charge in [-0.15, -0.1) is 0 Å². The van der Waals surface area contributed by atoms with Crippen molar-refractivity contribution in [2.75, 3.05) is 18.1 Å². The molecule has 3 rings (SSSR count). The number of nitrogens with zero attached hydrogens (tertiary/aromatic N) is 1. The Bertz CT molecular complexity index is 934. The lowest BCUT2D eigenvalue weighted by atomic mass is 9.89. The Morgan fingerprint density at radius 1 is 1.11 bits per heavy atom. The second kappa shape index (κ2) is 7.56. The van der Waals surface area contributed by atoms with Crippen LogP contribution in [0.25, 0.3) is 0 Å². The topological polar surface area (TPSA) is 83.9 Å². The monoisotopic (exact) mass is 381 g/mol. The standard InChI is InChI=1S/C22H23NO5/c1-14-4-9-20-19(12-14)22(27,13-15(2)24)21(26)23(20)10-11-28-18-7-5-17(6-8-18)16(3)25/h4-9,12,27H,10-11,13H2,1-3H3. The summed E-state index contributed by atoms with van der Waals surface area (Å²) in [6.07, 6.45) is -0.258. The molecule has 0 bridgehead atoms. The van der Waals surface area contributed by atoms with Gasteiger partial charge in [0.25, 0.3) is 5.91 Å². The predicted molar refractivity (Wildman–Crippen MR) is 105 cm³/mol. The first-order chi connectivity index (χ1) is 13.2. The van der Waals surface area contributed by atoms with Crippen LogP contribution in [0, 0.1) is 6.92 Å². The van der Waals surface area contributed by atoms with Crippen molar-refractivity contribution in [3.63, 3.8) is 0 Å². The number of ketones is 2. The highest BCUT2D eigenvalue weighted by Crippen LogP contribution is 2.42. The van der Waals surface area contributed by atoms with E-state index in [1.54, 1.807) is 36.4 Å². The number of Topliss-reactive ketones (excluding diaryl/α,β-unsaturated/α-hetero) is 2. The van der Waals surface area contributed by atoms with E-state index in [0.717, 1.165) is 5.56 Å². The van der Waals surface area contributed by atoms with Crippen molar-refractivity contribution in [1.82, 2.24) is 0 Å². The van der Waals surface area contributed by atoms with E-state index in [0.29, 0.717) is 22.6 Å². The normalized spacial score (nSPS) is 18.1. The van der Waals surface area contributed by atoms with Crippen molar-refractivity contribution in [3.8, 4) is 5.75 Å². The first-order valence-corrected chi connectivity index (χ1v) is 9.11. The number of hydrogen-bond donors (Lipinski definition) is 1. The lowest BCUT2D eigenvalue weighted by molar-refractivity contribution is -0.141. The van der Waals surface area contributed by atoms with Crippen LogP contribution >= 0.6 is 0 Å². The summed E-state index contributed by atoms with van der Waals surface area (Å²) < 4.78 is 5.69. The Kier molecular flexibility index (Phi) is 5.34. The van der Waals surface area contributed by atoms with Gasteiger partial charge < -0.3 is 14.7 Å². The average molecular weight is 381 g/mol. The fourth-order valence-electron chi connectivity index (χ4n) is 3.46. The number of rotatable bonds is 7. The SMILES string of the molecule is CC(=O)CC1(O)C(=O)N(CCOc2ccc(C(C)=O)cc2)c2ccc(C)cc21. The third-order valence-corrected chi connectivity index (χ3v) is 4.84. The summed E-state index contributed by atoms with van der Waals surface area (Å²) >= 11 is 0. The number of aryl methyl sites for hydroxylation is 1. The smallest absolute Gasteiger partial charge is 0.264 e. The van der Waals surface area contributed by atoms with Crippen LogP contribution in [0.1, 0.15) is 41.8 Å². The Labute approximate surface area is 163 Å². The molecule has 0 aromatic heterocycles. The molecule has 1 N–H and O–H groups in total. The van der Waals surface area contributed by atoms with Crippen LogP contribution < -0.4 is 9.64 Å². The predicted octanol–water partition coefficient (Wildman–Crippen LogP) is 2.79. The van der Waals surface area contributed by atoms with Crippen LogP contribution in [-0.4, -0.2) is 35.7 Å². The van der Waals surface area contributed by atoms with Crippen molar-refractivity contribution >= 4 is 23.2 Å². The average Bonchev–Trinajstić information content (AvgIpc) is 2.83. The molecule has 0 fully saturated rings. The highest BCUT2D eigenvalue weighted by atomic mass is 16.5. The van der Waals surface area contributed by atoms with Gasteiger partial charge in [0.15, 0.2) is 11.4 Å². The molecule has 6 nitrogen and oxygen atoms in total. The molecule has 28 heavy (non-hydrogen) atoms. The zero-order valence-electron chi connectivity index (χ0n) is 16.2. The van der Waals surface area contributed by atoms with Gasteiger partial charge in [-0.1, -0.05) is 17.7 Å². The van der Waals surface area contributed by atoms with E-state index < -0.39 is 11.5 Å². The van der Waals surface area contributed by atoms with E-state index in [4.69, 9.17) is 4.74 Å². The first-order valence-electron chi connectivity index (χ1n) is 9.11. The maximum absolute atomic E-state index is 12.9. The molecule has 2 aromatic rings. The summed E-state index contributed by atoms with van der Waals surface area (Å²) in [7, 11) is 0. The fourth-order valence-corrected chi connectivity index (χ4v) is 3.46. The summed E-state index contributed by atoms with van der Waals surface area (Å²) in [5.74, 6) is -0.212. The second-order valence-electron chi connectivity index (χ2n) is 7.15. The van der Waals surface area contributed by atoms with Crippen LogP contribution in [-0.2, 0) is 15.2 Å². The molecule has 0 saturated heterocycles. The van der Waals surface area contributed by atoms with E-state index in [1.807, 2.05) is 13.0 Å². The molecular formula is C22H23NO5. The number of amides is 1. The van der Waals surface area contributed by atoms with Crippen molar-refractivity contribution < 1.29 is 24.2 Å². The van der Waals surface area contributed by atoms with Crippen molar-refractivity contribution in [2.45, 2.75) is 32.8 Å². The fraction of sp³-hybridized carbons (Fsp3) is 0.318. The van der Waals surface area contributed by atoms with E-state index in [2.05, 4.69) is 0 Å². The molecule has 0 saturated carbocycles. The summed E-state index contributed by atoms with van der Waals surface area (Å²) in [4.78, 5) is 37.4. The lowest BCUT2D eigenvalue weighted by Gasteiger charge is -2.22. The molecule has 1 unspecified atom stereocenters. The molecule has 1 heterocycles. The number of carbonyl (C=O) groups excluding carboxylic acids is 3. The summed E-state index contributed by atoms with van der Waals surface area (Å²) in [5, 5.41) is 11.0. The van der Waals surface area contributed by atoms with Gasteiger partial charge in [-0.2, -0.15) is 0 Å². The van der Waals surface area contributed by atoms with E-state index >= 15 is 0 Å². The number of fused-ring (bicyclic) bond motifs is 1. The minimum atomic E-state index is -1.84. The van der Waals surface area contributed by atoms with Crippen molar-refractivity contribution in [1.29, 1.82) is 0 Å². The van der Waals surface area contributed by atoms with E-state index in [9.17, 15) is 19.5 Å². The van der Waals surface area contributed by atoms with Gasteiger partial charge in [0.05, 0.1) is 12.2 Å². The Morgan fingerprint density at radius 3 is 2.39 bits per heavy atom. The van der Waals surface area contributed by atoms with Crippen LogP contribution in [0.4, 0.5) is 5.69 Å². The van der Waals surface area contributed by atoms with Gasteiger partial charge in [-0.05, 0) is 51.1 Å². The largest absolute Gasteiger partial charge is 0.492 e. The highest BCUT2D eigenvalue weighted by Gasteiger charge is 2.50. The number of carbonyl (C=O) groups is 3. The maximum atomic E-state index is 12.9. The van der Waals surface area contributed by atoms with Gasteiger partial charge in [0.1, 0.15) is 18.1 Å². The molecule has 1 atom stereocenters. The van der Waals surface area contributed by atoms with E-state index in [1.165, 1.54) is 18.7 Å². The Morgan fingerprint density at radius 2 is 1.79 bits per heavy atom. The van der Waals surface area contributed by atoms with Gasteiger partial charge in [-0.3, -0.25) is 14.4 Å². The number of anilines is 1. The third kappa shape index (κ3) is 3.68. The quantitative estimate of drug-likeness (QED) is 0.746. The zero-order chi connectivity index (χ0) is 20.5. The second-order valence-corrected chi connectivity index (χ2v) is 7.15. The number of benzene rings is 2. The van der Waals surface area contributed by atoms with Crippen molar-refractivity contribution in [2.24, 2.45) is 0 Å². The zero-order valence-corrected chi connectivity index (χ0v) is 16.2. The maximum Gasteiger partial charge on any atom is 0.264 e. The van der Waals surface area contributed by atoms with Crippen LogP contribution in [0.3, 0.4) is 0 Å². The Hall–Kier alpha value is -2.99. The molecule has 1 amide bonds. The van der Waals surface area contributed by atoms with Gasteiger partial charge >= 0.3 is 0 Å². The molecule has 0 aliphatic carbocycles. The van der Waals surface area contributed by atoms with Gasteiger partial charge in [0.2, 0.25) is 0 Å².